The highest BCUT2D eigenvalue weighted by Gasteiger charge is 2.29. The minimum Gasteiger partial charge on any atom is -0.318 e. The number of halogens is 1. The molecule has 1 amide bonds. The maximum atomic E-state index is 11.6. The second kappa shape index (κ2) is 4.46. The first-order chi connectivity index (χ1) is 9.06. The average Bonchev–Trinajstić information content (AvgIpc) is 2.88. The van der Waals surface area contributed by atoms with Crippen LogP contribution >= 0.6 is 27.7 Å². The summed E-state index contributed by atoms with van der Waals surface area (Å²) in [7, 11) is 1.79. The van der Waals surface area contributed by atoms with E-state index in [0.717, 1.165) is 14.5 Å². The molecule has 0 fully saturated rings. The fraction of sp³-hybridized carbons (Fsp3) is 0.0909. The molecule has 0 bridgehead atoms. The smallest absolute Gasteiger partial charge is 0.296 e. The summed E-state index contributed by atoms with van der Waals surface area (Å²) in [5.74, 6) is -1.10. The molecule has 0 unspecified atom stereocenters. The van der Waals surface area contributed by atoms with E-state index in [1.54, 1.807) is 23.9 Å². The van der Waals surface area contributed by atoms with Gasteiger partial charge in [0.2, 0.25) is 0 Å². The Labute approximate surface area is 120 Å². The Kier molecular flexibility index (Phi) is 2.90. The van der Waals surface area contributed by atoms with Crippen molar-refractivity contribution in [2.75, 3.05) is 5.32 Å². The Morgan fingerprint density at radius 3 is 2.84 bits per heavy atom. The van der Waals surface area contributed by atoms with E-state index in [0.29, 0.717) is 11.3 Å². The van der Waals surface area contributed by atoms with Gasteiger partial charge in [0.25, 0.3) is 11.7 Å². The summed E-state index contributed by atoms with van der Waals surface area (Å²) in [5.41, 5.74) is 0.919. The Balaban J connectivity index is 2.01. The summed E-state index contributed by atoms with van der Waals surface area (Å²) in [6, 6.07) is 3.40. The molecule has 6 nitrogen and oxygen atoms in total. The number of carbonyl (C=O) groups is 2. The summed E-state index contributed by atoms with van der Waals surface area (Å²) in [4.78, 5) is 27.8. The predicted octanol–water partition coefficient (Wildman–Crippen LogP) is 1.86. The molecule has 0 aliphatic carbocycles. The van der Waals surface area contributed by atoms with Crippen LogP contribution in [0.1, 0.15) is 10.4 Å². The van der Waals surface area contributed by atoms with Gasteiger partial charge in [0.05, 0.1) is 11.3 Å². The normalized spacial score (nSPS) is 13.6. The van der Waals surface area contributed by atoms with Crippen molar-refractivity contribution in [2.45, 2.75) is 10.1 Å². The van der Waals surface area contributed by atoms with Crippen LogP contribution in [0.5, 0.6) is 0 Å². The Morgan fingerprint density at radius 1 is 1.37 bits per heavy atom. The van der Waals surface area contributed by atoms with Crippen LogP contribution in [-0.2, 0) is 11.8 Å². The average molecular weight is 339 g/mol. The van der Waals surface area contributed by atoms with Crippen LogP contribution in [0.25, 0.3) is 0 Å². The van der Waals surface area contributed by atoms with E-state index in [9.17, 15) is 9.59 Å². The lowest BCUT2D eigenvalue weighted by Crippen LogP contribution is -2.12. The first kappa shape index (κ1) is 12.4. The molecule has 1 aliphatic heterocycles. The molecule has 1 aliphatic rings. The van der Waals surface area contributed by atoms with Gasteiger partial charge in [0.15, 0.2) is 5.16 Å². The number of Topliss-reactive ketones (excluding diaryl/α,β-unsaturated/α-hetero) is 1. The zero-order valence-corrected chi connectivity index (χ0v) is 12.1. The van der Waals surface area contributed by atoms with Crippen LogP contribution in [0.3, 0.4) is 0 Å². The molecule has 1 N–H and O–H groups in total. The number of anilines is 1. The standard InChI is InChI=1S/C11H7BrN4O2S/c1-16-11(13-4-14-16)19-8-3-7-5(2-6(8)12)9(17)10(18)15-7/h2-4H,1H3,(H,15,17,18). The number of aryl methyl sites for hydroxylation is 1. The van der Waals surface area contributed by atoms with Crippen LogP contribution in [-0.4, -0.2) is 26.5 Å². The fourth-order valence-corrected chi connectivity index (χ4v) is 3.10. The molecule has 0 atom stereocenters. The van der Waals surface area contributed by atoms with Crippen LogP contribution in [0.2, 0.25) is 0 Å². The number of fused-ring (bicyclic) bond motifs is 1. The number of hydrogen-bond acceptors (Lipinski definition) is 5. The molecule has 1 aromatic heterocycles. The Morgan fingerprint density at radius 2 is 2.16 bits per heavy atom. The highest BCUT2D eigenvalue weighted by Crippen LogP contribution is 2.37. The molecule has 19 heavy (non-hydrogen) atoms. The van der Waals surface area contributed by atoms with E-state index in [1.807, 2.05) is 0 Å². The van der Waals surface area contributed by atoms with Crippen molar-refractivity contribution in [1.82, 2.24) is 14.8 Å². The first-order valence-electron chi connectivity index (χ1n) is 5.27. The number of hydrogen-bond donors (Lipinski definition) is 1. The van der Waals surface area contributed by atoms with Gasteiger partial charge in [0.1, 0.15) is 6.33 Å². The number of carbonyl (C=O) groups excluding carboxylic acids is 2. The first-order valence-corrected chi connectivity index (χ1v) is 6.88. The minimum atomic E-state index is -0.595. The molecule has 0 spiro atoms. The number of amides is 1. The summed E-state index contributed by atoms with van der Waals surface area (Å²) in [5, 5.41) is 7.25. The third-order valence-electron chi connectivity index (χ3n) is 2.64. The topological polar surface area (TPSA) is 76.9 Å². The van der Waals surface area contributed by atoms with Crippen LogP contribution in [0, 0.1) is 0 Å². The molecule has 0 saturated heterocycles. The van der Waals surface area contributed by atoms with Crippen molar-refractivity contribution >= 4 is 45.1 Å². The van der Waals surface area contributed by atoms with Gasteiger partial charge in [-0.3, -0.25) is 9.59 Å². The van der Waals surface area contributed by atoms with Crippen molar-refractivity contribution in [3.63, 3.8) is 0 Å². The zero-order chi connectivity index (χ0) is 13.6. The third kappa shape index (κ3) is 2.06. The van der Waals surface area contributed by atoms with Gasteiger partial charge < -0.3 is 5.32 Å². The third-order valence-corrected chi connectivity index (χ3v) is 4.67. The number of nitrogens with one attached hydrogen (secondary N) is 1. The molecule has 8 heteroatoms. The van der Waals surface area contributed by atoms with Crippen LogP contribution in [0.4, 0.5) is 5.69 Å². The molecular formula is C11H7BrN4O2S. The number of ketones is 1. The minimum absolute atomic E-state index is 0.388. The predicted molar refractivity (Wildman–Crippen MR) is 72.2 cm³/mol. The molecule has 0 radical (unpaired) electrons. The summed E-state index contributed by atoms with van der Waals surface area (Å²) in [6.07, 6.45) is 1.47. The van der Waals surface area contributed by atoms with Gasteiger partial charge in [-0.1, -0.05) is 0 Å². The van der Waals surface area contributed by atoms with E-state index in [1.165, 1.54) is 18.1 Å². The van der Waals surface area contributed by atoms with Crippen LogP contribution < -0.4 is 5.32 Å². The molecule has 2 aromatic rings. The second-order valence-corrected chi connectivity index (χ2v) is 5.74. The highest BCUT2D eigenvalue weighted by molar-refractivity contribution is 9.10. The SMILES string of the molecule is Cn1ncnc1Sc1cc2c(cc1Br)C(=O)C(=O)N2. The number of nitrogens with zero attached hydrogens (tertiary/aromatic N) is 3. The molecule has 1 aromatic carbocycles. The molecule has 0 saturated carbocycles. The lowest BCUT2D eigenvalue weighted by Gasteiger charge is -2.06. The van der Waals surface area contributed by atoms with Crippen molar-refractivity contribution in [2.24, 2.45) is 7.05 Å². The Bertz CT molecular complexity index is 713. The van der Waals surface area contributed by atoms with Gasteiger partial charge >= 0.3 is 0 Å². The quantitative estimate of drug-likeness (QED) is 0.845. The van der Waals surface area contributed by atoms with E-state index >= 15 is 0 Å². The molecule has 3 rings (SSSR count). The van der Waals surface area contributed by atoms with E-state index in [4.69, 9.17) is 0 Å². The lowest BCUT2D eigenvalue weighted by molar-refractivity contribution is -0.112. The highest BCUT2D eigenvalue weighted by atomic mass is 79.9. The second-order valence-electron chi connectivity index (χ2n) is 3.88. The summed E-state index contributed by atoms with van der Waals surface area (Å²) < 4.78 is 2.39. The van der Waals surface area contributed by atoms with Crippen LogP contribution in [0.15, 0.2) is 33.0 Å². The van der Waals surface area contributed by atoms with Crippen molar-refractivity contribution in [3.05, 3.63) is 28.5 Å². The van der Waals surface area contributed by atoms with E-state index in [-0.39, 0.29) is 0 Å². The monoisotopic (exact) mass is 338 g/mol. The van der Waals surface area contributed by atoms with Crippen molar-refractivity contribution < 1.29 is 9.59 Å². The van der Waals surface area contributed by atoms with Gasteiger partial charge in [-0.2, -0.15) is 5.10 Å². The van der Waals surface area contributed by atoms with Crippen molar-refractivity contribution in [3.8, 4) is 0 Å². The lowest BCUT2D eigenvalue weighted by atomic mass is 10.1. The fourth-order valence-electron chi connectivity index (χ4n) is 1.70. The summed E-state index contributed by atoms with van der Waals surface area (Å²) >= 11 is 4.79. The Hall–Kier alpha value is -1.67. The number of benzene rings is 1. The van der Waals surface area contributed by atoms with Crippen molar-refractivity contribution in [1.29, 1.82) is 0 Å². The maximum Gasteiger partial charge on any atom is 0.296 e. The van der Waals surface area contributed by atoms with Gasteiger partial charge in [-0.25, -0.2) is 9.67 Å². The molecule has 96 valence electrons. The van der Waals surface area contributed by atoms with Gasteiger partial charge in [0, 0.05) is 16.4 Å². The van der Waals surface area contributed by atoms with Gasteiger partial charge in [-0.15, -0.1) is 0 Å². The van der Waals surface area contributed by atoms with Gasteiger partial charge in [-0.05, 0) is 39.8 Å². The number of rotatable bonds is 2. The largest absolute Gasteiger partial charge is 0.318 e. The zero-order valence-electron chi connectivity index (χ0n) is 9.68. The molecular weight excluding hydrogens is 332 g/mol. The summed E-state index contributed by atoms with van der Waals surface area (Å²) in [6.45, 7) is 0. The maximum absolute atomic E-state index is 11.6. The number of aromatic nitrogens is 3. The van der Waals surface area contributed by atoms with E-state index in [2.05, 4.69) is 31.3 Å². The van der Waals surface area contributed by atoms with E-state index < -0.39 is 11.7 Å². The molecule has 2 heterocycles.